The number of allylic oxidation sites excluding steroid dienone is 1. The molecule has 0 bridgehead atoms. The average molecular weight is 839 g/mol. The number of ether oxygens (including phenoxy) is 3. The van der Waals surface area contributed by atoms with Gasteiger partial charge in [-0.15, -0.1) is 17.0 Å². The van der Waals surface area contributed by atoms with E-state index in [0.29, 0.717) is 60.2 Å². The average Bonchev–Trinajstić information content (AvgIpc) is 3.19. The van der Waals surface area contributed by atoms with Crippen LogP contribution in [0.15, 0.2) is 109 Å². The Morgan fingerprint density at radius 2 is 1.43 bits per heavy atom. The van der Waals surface area contributed by atoms with Crippen molar-refractivity contribution in [3.05, 3.63) is 153 Å². The van der Waals surface area contributed by atoms with E-state index in [4.69, 9.17) is 25.8 Å². The Bertz CT molecular complexity index is 2050. The molecule has 9 heteroatoms. The number of aromatic nitrogens is 1. The minimum absolute atomic E-state index is 0. The number of nitrogens with zero attached hydrogens (tertiary/aromatic N) is 3. The van der Waals surface area contributed by atoms with Gasteiger partial charge in [-0.05, 0) is 103 Å². The molecule has 1 aliphatic heterocycles. The first kappa shape index (κ1) is 42.5. The van der Waals surface area contributed by atoms with Crippen LogP contribution in [-0.4, -0.2) is 53.5 Å². The van der Waals surface area contributed by atoms with Crippen LogP contribution in [0.4, 0.5) is 0 Å². The fourth-order valence-electron chi connectivity index (χ4n) is 6.57. The molecule has 294 valence electrons. The second kappa shape index (κ2) is 20.0. The first-order valence-corrected chi connectivity index (χ1v) is 19.5. The van der Waals surface area contributed by atoms with E-state index in [1.54, 1.807) is 12.3 Å². The summed E-state index contributed by atoms with van der Waals surface area (Å²) < 4.78 is 18.0. The molecule has 0 spiro atoms. The lowest BCUT2D eigenvalue weighted by Crippen LogP contribution is -2.48. The maximum absolute atomic E-state index is 13.6. The molecule has 2 heterocycles. The molecular weight excluding hydrogens is 786 g/mol. The molecule has 1 amide bonds. The zero-order valence-corrected chi connectivity index (χ0v) is 35.8. The first-order valence-electron chi connectivity index (χ1n) is 19.1. The smallest absolute Gasteiger partial charge is 0.249 e. The van der Waals surface area contributed by atoms with E-state index in [2.05, 4.69) is 103 Å². The maximum Gasteiger partial charge on any atom is 0.249 e. The second-order valence-corrected chi connectivity index (χ2v) is 15.2. The number of hydrogen-bond donors (Lipinski definition) is 0. The third kappa shape index (κ3) is 11.5. The molecule has 0 unspecified atom stereocenters. The van der Waals surface area contributed by atoms with Crippen molar-refractivity contribution in [2.75, 3.05) is 32.8 Å². The van der Waals surface area contributed by atoms with Crippen LogP contribution < -0.4 is 14.2 Å². The number of carbonyl (C=O) groups is 1. The number of benzene rings is 4. The number of carbonyl (C=O) groups excluding carboxylic acids is 1. The lowest BCUT2D eigenvalue weighted by molar-refractivity contribution is -0.128. The van der Waals surface area contributed by atoms with Gasteiger partial charge in [-0.1, -0.05) is 91.7 Å². The molecule has 1 saturated heterocycles. The van der Waals surface area contributed by atoms with Crippen molar-refractivity contribution >= 4 is 40.1 Å². The minimum atomic E-state index is 0. The van der Waals surface area contributed by atoms with Gasteiger partial charge in [0.1, 0.15) is 18.1 Å². The van der Waals surface area contributed by atoms with Gasteiger partial charge in [0.15, 0.2) is 5.75 Å². The maximum atomic E-state index is 13.6. The molecule has 1 aliphatic rings. The summed E-state index contributed by atoms with van der Waals surface area (Å²) >= 11 is 6.76. The topological polar surface area (TPSA) is 64.1 Å². The monoisotopic (exact) mass is 837 g/mol. The fraction of sp³-hybridized carbons (Fsp3) is 0.319. The molecular formula is C47H53BrClN3O4. The highest BCUT2D eigenvalue weighted by atomic mass is 79.9. The van der Waals surface area contributed by atoms with Crippen LogP contribution in [0.3, 0.4) is 0 Å². The van der Waals surface area contributed by atoms with Gasteiger partial charge >= 0.3 is 0 Å². The molecule has 0 N–H and O–H groups in total. The molecule has 1 fully saturated rings. The number of amides is 1. The second-order valence-electron chi connectivity index (χ2n) is 14.8. The summed E-state index contributed by atoms with van der Waals surface area (Å²) in [4.78, 5) is 22.4. The van der Waals surface area contributed by atoms with E-state index in [1.165, 1.54) is 22.3 Å². The Morgan fingerprint density at radius 1 is 0.786 bits per heavy atom. The van der Waals surface area contributed by atoms with Crippen LogP contribution in [-0.2, 0) is 24.4 Å². The zero-order chi connectivity index (χ0) is 38.9. The summed E-state index contributed by atoms with van der Waals surface area (Å²) in [7, 11) is 0. The van der Waals surface area contributed by atoms with Crippen molar-refractivity contribution in [1.29, 1.82) is 0 Å². The molecule has 0 atom stereocenters. The number of rotatable bonds is 14. The van der Waals surface area contributed by atoms with Crippen molar-refractivity contribution in [1.82, 2.24) is 14.8 Å². The molecule has 0 saturated carbocycles. The number of halogens is 2. The predicted octanol–water partition coefficient (Wildman–Crippen LogP) is 11.2. The quantitative estimate of drug-likeness (QED) is 0.104. The van der Waals surface area contributed by atoms with Crippen LogP contribution >= 0.6 is 28.6 Å². The van der Waals surface area contributed by atoms with Gasteiger partial charge in [0.05, 0.1) is 17.8 Å². The molecule has 7 nitrogen and oxygen atoms in total. The highest BCUT2D eigenvalue weighted by Crippen LogP contribution is 2.36. The Labute approximate surface area is 348 Å². The van der Waals surface area contributed by atoms with Crippen molar-refractivity contribution < 1.29 is 19.0 Å². The van der Waals surface area contributed by atoms with Gasteiger partial charge in [-0.3, -0.25) is 9.69 Å². The Hall–Kier alpha value is -4.63. The van der Waals surface area contributed by atoms with Crippen LogP contribution in [0.2, 0.25) is 5.02 Å². The summed E-state index contributed by atoms with van der Waals surface area (Å²) in [6.07, 6.45) is 2.51. The molecule has 6 rings (SSSR count). The molecule has 0 radical (unpaired) electrons. The lowest BCUT2D eigenvalue weighted by Gasteiger charge is -2.35. The molecule has 56 heavy (non-hydrogen) atoms. The minimum Gasteiger partial charge on any atom is -0.493 e. The number of aryl methyl sites for hydroxylation is 2. The predicted molar refractivity (Wildman–Crippen MR) is 233 cm³/mol. The molecule has 5 aromatic rings. The van der Waals surface area contributed by atoms with Gasteiger partial charge in [0.2, 0.25) is 11.8 Å². The standard InChI is InChI=1S/C47H52ClN3O4.BrH/c1-32(2)40-15-17-42(18-16-40)53-26-21-37-11-13-38(14-12-37)30-50-22-24-51(25-23-50)47(52)36(6)35(5)41-27-34(4)46(44(48)28-41)55-45-20-19-43(29-49-45)54-31-39-9-7-33(3)8-10-39;/h7-20,27-29,32H,21-26,30-31H2,1-6H3;1H/b36-35+;. The molecule has 1 aromatic heterocycles. The summed E-state index contributed by atoms with van der Waals surface area (Å²) in [5.41, 5.74) is 9.51. The highest BCUT2D eigenvalue weighted by molar-refractivity contribution is 8.93. The number of pyridine rings is 1. The molecule has 0 aliphatic carbocycles. The Balaban J connectivity index is 0.00000600. The highest BCUT2D eigenvalue weighted by Gasteiger charge is 2.24. The number of hydrogen-bond acceptors (Lipinski definition) is 6. The van der Waals surface area contributed by atoms with Crippen LogP contribution in [0.1, 0.15) is 72.6 Å². The van der Waals surface area contributed by atoms with Crippen LogP contribution in [0, 0.1) is 13.8 Å². The SMILES string of the molecule is Br.C/C(C(=O)N1CCN(Cc2ccc(CCOc3ccc(C(C)C)cc3)cc2)CC1)=C(/C)c1cc(C)c(Oc2ccc(OCc3ccc(C)cc3)cn2)c(Cl)c1. The van der Waals surface area contributed by atoms with E-state index in [0.717, 1.165) is 54.1 Å². The van der Waals surface area contributed by atoms with Crippen LogP contribution in [0.5, 0.6) is 23.1 Å². The summed E-state index contributed by atoms with van der Waals surface area (Å²) in [5.74, 6) is 3.09. The van der Waals surface area contributed by atoms with Gasteiger partial charge in [-0.25, -0.2) is 4.98 Å². The summed E-state index contributed by atoms with van der Waals surface area (Å²) in [6.45, 7) is 17.3. The zero-order valence-electron chi connectivity index (χ0n) is 33.3. The van der Waals surface area contributed by atoms with Gasteiger partial charge < -0.3 is 19.1 Å². The summed E-state index contributed by atoms with van der Waals surface area (Å²) in [5, 5.41) is 0.457. The van der Waals surface area contributed by atoms with Crippen LogP contribution in [0.25, 0.3) is 5.57 Å². The fourth-order valence-corrected chi connectivity index (χ4v) is 6.88. The van der Waals surface area contributed by atoms with E-state index in [-0.39, 0.29) is 22.9 Å². The van der Waals surface area contributed by atoms with E-state index in [9.17, 15) is 4.79 Å². The van der Waals surface area contributed by atoms with Gasteiger partial charge in [0, 0.05) is 50.8 Å². The molecule has 4 aromatic carbocycles. The Kier molecular flexibility index (Phi) is 15.2. The van der Waals surface area contributed by atoms with Gasteiger partial charge in [-0.2, -0.15) is 0 Å². The van der Waals surface area contributed by atoms with E-state index < -0.39 is 0 Å². The summed E-state index contributed by atoms with van der Waals surface area (Å²) in [6, 6.07) is 32.9. The largest absolute Gasteiger partial charge is 0.493 e. The van der Waals surface area contributed by atoms with E-state index in [1.807, 2.05) is 43.9 Å². The Morgan fingerprint density at radius 3 is 2.05 bits per heavy atom. The first-order chi connectivity index (χ1) is 26.5. The van der Waals surface area contributed by atoms with E-state index >= 15 is 0 Å². The normalized spacial score (nSPS) is 13.5. The third-order valence-corrected chi connectivity index (χ3v) is 10.6. The lowest BCUT2D eigenvalue weighted by atomic mass is 9.99. The third-order valence-electron chi connectivity index (χ3n) is 10.3. The van der Waals surface area contributed by atoms with Gasteiger partial charge in [0.25, 0.3) is 0 Å². The number of piperazine rings is 1. The van der Waals surface area contributed by atoms with Crippen molar-refractivity contribution in [2.24, 2.45) is 0 Å². The van der Waals surface area contributed by atoms with Crippen molar-refractivity contribution in [2.45, 2.75) is 67.0 Å². The van der Waals surface area contributed by atoms with Crippen molar-refractivity contribution in [3.8, 4) is 23.1 Å². The van der Waals surface area contributed by atoms with Crippen molar-refractivity contribution in [3.63, 3.8) is 0 Å².